The van der Waals surface area contributed by atoms with Crippen LogP contribution in [-0.4, -0.2) is 11.0 Å². The summed E-state index contributed by atoms with van der Waals surface area (Å²) in [6.07, 6.45) is 1.20. The van der Waals surface area contributed by atoms with E-state index in [-0.39, 0.29) is 11.7 Å². The molecule has 0 spiro atoms. The third kappa shape index (κ3) is 3.77. The lowest BCUT2D eigenvalue weighted by atomic mass is 9.92. The van der Waals surface area contributed by atoms with E-state index >= 15 is 0 Å². The summed E-state index contributed by atoms with van der Waals surface area (Å²) in [5.74, 6) is 0.116. The van der Waals surface area contributed by atoms with Gasteiger partial charge in [-0.15, -0.1) is 0 Å². The van der Waals surface area contributed by atoms with Gasteiger partial charge in [-0.3, -0.25) is 4.79 Å². The van der Waals surface area contributed by atoms with Gasteiger partial charge < -0.3 is 10.4 Å². The SMILES string of the molecule is CCCC(=O)NC(c1ccc(Cl)cc1)c1c(O)ccc2ccccc12. The molecule has 3 nitrogen and oxygen atoms in total. The Labute approximate surface area is 152 Å². The minimum absolute atomic E-state index is 0.0465. The lowest BCUT2D eigenvalue weighted by Gasteiger charge is -2.22. The van der Waals surface area contributed by atoms with Crippen LogP contribution in [-0.2, 0) is 4.79 Å². The molecule has 0 aliphatic carbocycles. The normalized spacial score (nSPS) is 12.1. The average molecular weight is 354 g/mol. The highest BCUT2D eigenvalue weighted by atomic mass is 35.5. The Morgan fingerprint density at radius 3 is 2.52 bits per heavy atom. The van der Waals surface area contributed by atoms with Crippen molar-refractivity contribution >= 4 is 28.3 Å². The van der Waals surface area contributed by atoms with Crippen LogP contribution in [0.1, 0.15) is 36.9 Å². The number of amides is 1. The Bertz CT molecular complexity index is 890. The molecule has 0 bridgehead atoms. The highest BCUT2D eigenvalue weighted by molar-refractivity contribution is 6.30. The molecule has 0 heterocycles. The fourth-order valence-electron chi connectivity index (χ4n) is 3.03. The Balaban J connectivity index is 2.15. The molecular formula is C21H20ClNO2. The maximum atomic E-state index is 12.3. The number of halogens is 1. The third-order valence-electron chi connectivity index (χ3n) is 4.22. The second-order valence-electron chi connectivity index (χ2n) is 6.02. The highest BCUT2D eigenvalue weighted by Gasteiger charge is 2.22. The molecule has 3 aromatic carbocycles. The summed E-state index contributed by atoms with van der Waals surface area (Å²) in [5.41, 5.74) is 1.57. The van der Waals surface area contributed by atoms with E-state index < -0.39 is 6.04 Å². The summed E-state index contributed by atoms with van der Waals surface area (Å²) in [4.78, 5) is 12.3. The first kappa shape index (κ1) is 17.3. The van der Waals surface area contributed by atoms with E-state index in [1.165, 1.54) is 0 Å². The summed E-state index contributed by atoms with van der Waals surface area (Å²) in [7, 11) is 0. The van der Waals surface area contributed by atoms with E-state index in [9.17, 15) is 9.90 Å². The number of phenols is 1. The standard InChI is InChI=1S/C21H20ClNO2/c1-2-5-19(25)23-21(15-8-11-16(22)12-9-15)20-17-7-4-3-6-14(17)10-13-18(20)24/h3-4,6-13,21,24H,2,5H2,1H3,(H,23,25). The lowest BCUT2D eigenvalue weighted by Crippen LogP contribution is -2.29. The number of aromatic hydroxyl groups is 1. The number of fused-ring (bicyclic) bond motifs is 1. The summed E-state index contributed by atoms with van der Waals surface area (Å²) in [6.45, 7) is 1.96. The summed E-state index contributed by atoms with van der Waals surface area (Å²) in [5, 5.41) is 16.2. The number of phenolic OH excluding ortho intramolecular Hbond substituents is 1. The maximum absolute atomic E-state index is 12.3. The van der Waals surface area contributed by atoms with Crippen molar-refractivity contribution < 1.29 is 9.90 Å². The highest BCUT2D eigenvalue weighted by Crippen LogP contribution is 2.36. The molecule has 0 aliphatic rings. The molecule has 0 aliphatic heterocycles. The average Bonchev–Trinajstić information content (AvgIpc) is 2.61. The smallest absolute Gasteiger partial charge is 0.220 e. The van der Waals surface area contributed by atoms with Crippen molar-refractivity contribution in [1.29, 1.82) is 0 Å². The van der Waals surface area contributed by atoms with E-state index in [4.69, 9.17) is 11.6 Å². The molecule has 3 rings (SSSR count). The molecule has 25 heavy (non-hydrogen) atoms. The number of hydrogen-bond donors (Lipinski definition) is 2. The molecule has 0 radical (unpaired) electrons. The first-order valence-corrected chi connectivity index (χ1v) is 8.73. The van der Waals surface area contributed by atoms with Crippen LogP contribution in [0.3, 0.4) is 0 Å². The predicted octanol–water partition coefficient (Wildman–Crippen LogP) is 5.20. The van der Waals surface area contributed by atoms with Gasteiger partial charge in [0.15, 0.2) is 0 Å². The molecule has 2 N–H and O–H groups in total. The number of rotatable bonds is 5. The molecule has 0 saturated carbocycles. The van der Waals surface area contributed by atoms with Gasteiger partial charge in [0, 0.05) is 17.0 Å². The van der Waals surface area contributed by atoms with Crippen LogP contribution in [0.2, 0.25) is 5.02 Å². The van der Waals surface area contributed by atoms with Crippen LogP contribution in [0.25, 0.3) is 10.8 Å². The van der Waals surface area contributed by atoms with Gasteiger partial charge in [0.05, 0.1) is 6.04 Å². The van der Waals surface area contributed by atoms with E-state index in [2.05, 4.69) is 5.32 Å². The largest absolute Gasteiger partial charge is 0.508 e. The van der Waals surface area contributed by atoms with Gasteiger partial charge in [-0.2, -0.15) is 0 Å². The summed E-state index contributed by atoms with van der Waals surface area (Å²) >= 11 is 6.01. The third-order valence-corrected chi connectivity index (χ3v) is 4.47. The topological polar surface area (TPSA) is 49.3 Å². The Morgan fingerprint density at radius 1 is 1.08 bits per heavy atom. The van der Waals surface area contributed by atoms with Crippen LogP contribution in [0, 0.1) is 0 Å². The van der Waals surface area contributed by atoms with Crippen molar-refractivity contribution in [2.24, 2.45) is 0 Å². The van der Waals surface area contributed by atoms with Gasteiger partial charge in [0.25, 0.3) is 0 Å². The minimum atomic E-state index is -0.442. The first-order valence-electron chi connectivity index (χ1n) is 8.35. The molecule has 1 amide bonds. The van der Waals surface area contributed by atoms with E-state index in [1.54, 1.807) is 18.2 Å². The van der Waals surface area contributed by atoms with Crippen molar-refractivity contribution in [3.05, 3.63) is 76.8 Å². The van der Waals surface area contributed by atoms with Gasteiger partial charge in [-0.05, 0) is 41.0 Å². The monoisotopic (exact) mass is 353 g/mol. The van der Waals surface area contributed by atoms with E-state index in [0.29, 0.717) is 17.0 Å². The Hall–Kier alpha value is -2.52. The van der Waals surface area contributed by atoms with Crippen LogP contribution in [0.15, 0.2) is 60.7 Å². The van der Waals surface area contributed by atoms with Gasteiger partial charge in [0.2, 0.25) is 5.91 Å². The Morgan fingerprint density at radius 2 is 1.80 bits per heavy atom. The predicted molar refractivity (Wildman–Crippen MR) is 102 cm³/mol. The molecule has 3 aromatic rings. The number of carbonyl (C=O) groups excluding carboxylic acids is 1. The minimum Gasteiger partial charge on any atom is -0.508 e. The number of carbonyl (C=O) groups is 1. The van der Waals surface area contributed by atoms with Crippen molar-refractivity contribution in [2.45, 2.75) is 25.8 Å². The van der Waals surface area contributed by atoms with Crippen LogP contribution >= 0.6 is 11.6 Å². The quantitative estimate of drug-likeness (QED) is 0.662. The molecule has 0 aromatic heterocycles. The zero-order valence-electron chi connectivity index (χ0n) is 14.0. The van der Waals surface area contributed by atoms with E-state index in [0.717, 1.165) is 22.8 Å². The molecule has 0 fully saturated rings. The fraction of sp³-hybridized carbons (Fsp3) is 0.190. The van der Waals surface area contributed by atoms with Crippen molar-refractivity contribution in [1.82, 2.24) is 5.32 Å². The zero-order valence-corrected chi connectivity index (χ0v) is 14.8. The second kappa shape index (κ2) is 7.58. The van der Waals surface area contributed by atoms with Crippen LogP contribution in [0.5, 0.6) is 5.75 Å². The number of benzene rings is 3. The molecule has 1 unspecified atom stereocenters. The first-order chi connectivity index (χ1) is 12.1. The molecule has 4 heteroatoms. The van der Waals surface area contributed by atoms with Crippen molar-refractivity contribution in [3.63, 3.8) is 0 Å². The fourth-order valence-corrected chi connectivity index (χ4v) is 3.15. The molecule has 1 atom stereocenters. The zero-order chi connectivity index (χ0) is 17.8. The van der Waals surface area contributed by atoms with Crippen LogP contribution < -0.4 is 5.32 Å². The molecule has 128 valence electrons. The van der Waals surface area contributed by atoms with Gasteiger partial charge >= 0.3 is 0 Å². The second-order valence-corrected chi connectivity index (χ2v) is 6.46. The Kier molecular flexibility index (Phi) is 5.25. The van der Waals surface area contributed by atoms with Crippen molar-refractivity contribution in [2.75, 3.05) is 0 Å². The van der Waals surface area contributed by atoms with Gasteiger partial charge in [0.1, 0.15) is 5.75 Å². The number of nitrogens with one attached hydrogen (secondary N) is 1. The van der Waals surface area contributed by atoms with E-state index in [1.807, 2.05) is 49.4 Å². The van der Waals surface area contributed by atoms with Crippen LogP contribution in [0.4, 0.5) is 0 Å². The maximum Gasteiger partial charge on any atom is 0.220 e. The number of hydrogen-bond acceptors (Lipinski definition) is 2. The molecule has 0 saturated heterocycles. The summed E-state index contributed by atoms with van der Waals surface area (Å²) < 4.78 is 0. The van der Waals surface area contributed by atoms with Gasteiger partial charge in [-0.1, -0.05) is 61.0 Å². The molecular weight excluding hydrogens is 334 g/mol. The van der Waals surface area contributed by atoms with Gasteiger partial charge in [-0.25, -0.2) is 0 Å². The lowest BCUT2D eigenvalue weighted by molar-refractivity contribution is -0.121. The van der Waals surface area contributed by atoms with Crippen molar-refractivity contribution in [3.8, 4) is 5.75 Å². The summed E-state index contributed by atoms with van der Waals surface area (Å²) in [6, 6.07) is 18.3.